The number of benzene rings is 2. The fraction of sp³-hybridized carbons (Fsp3) is 0.250. The number of para-hydroxylation sites is 1. The average Bonchev–Trinajstić information content (AvgIpc) is 2.89. The quantitative estimate of drug-likeness (QED) is 0.720. The SMILES string of the molecule is Nc1ccc(C(=O)O)c(Cn2c3c(c4ccccc42)CCCC3)c1. The van der Waals surface area contributed by atoms with E-state index in [0.717, 1.165) is 18.4 Å². The van der Waals surface area contributed by atoms with Gasteiger partial charge in [-0.25, -0.2) is 4.79 Å². The monoisotopic (exact) mass is 320 g/mol. The fourth-order valence-electron chi connectivity index (χ4n) is 3.89. The Labute approximate surface area is 140 Å². The second-order valence-corrected chi connectivity index (χ2v) is 6.46. The second-order valence-electron chi connectivity index (χ2n) is 6.46. The maximum absolute atomic E-state index is 11.6. The number of aryl methyl sites for hydroxylation is 1. The van der Waals surface area contributed by atoms with E-state index >= 15 is 0 Å². The molecule has 0 fully saturated rings. The summed E-state index contributed by atoms with van der Waals surface area (Å²) < 4.78 is 2.28. The number of aromatic carboxylic acids is 1. The molecule has 4 heteroatoms. The van der Waals surface area contributed by atoms with Crippen LogP contribution in [0.1, 0.15) is 40.0 Å². The topological polar surface area (TPSA) is 68.2 Å². The van der Waals surface area contributed by atoms with Gasteiger partial charge < -0.3 is 15.4 Å². The van der Waals surface area contributed by atoms with Gasteiger partial charge in [0.05, 0.1) is 5.56 Å². The molecule has 0 saturated heterocycles. The summed E-state index contributed by atoms with van der Waals surface area (Å²) in [7, 11) is 0. The Kier molecular flexibility index (Phi) is 3.53. The number of hydrogen-bond donors (Lipinski definition) is 2. The number of nitrogens with two attached hydrogens (primary N) is 1. The Morgan fingerprint density at radius 1 is 1.12 bits per heavy atom. The van der Waals surface area contributed by atoms with Crippen LogP contribution in [0.5, 0.6) is 0 Å². The van der Waals surface area contributed by atoms with Crippen LogP contribution in [0.2, 0.25) is 0 Å². The summed E-state index contributed by atoms with van der Waals surface area (Å²) in [6.45, 7) is 0.544. The fourth-order valence-corrected chi connectivity index (χ4v) is 3.89. The maximum atomic E-state index is 11.6. The molecule has 0 saturated carbocycles. The van der Waals surface area contributed by atoms with Crippen molar-refractivity contribution in [1.82, 2.24) is 4.57 Å². The van der Waals surface area contributed by atoms with Gasteiger partial charge in [-0.15, -0.1) is 0 Å². The Hall–Kier alpha value is -2.75. The second kappa shape index (κ2) is 5.71. The number of nitrogen functional groups attached to an aromatic ring is 1. The number of aromatic nitrogens is 1. The van der Waals surface area contributed by atoms with Crippen molar-refractivity contribution in [1.29, 1.82) is 0 Å². The van der Waals surface area contributed by atoms with Crippen molar-refractivity contribution in [2.75, 3.05) is 5.73 Å². The smallest absolute Gasteiger partial charge is 0.336 e. The zero-order valence-electron chi connectivity index (χ0n) is 13.5. The van der Waals surface area contributed by atoms with E-state index in [2.05, 4.69) is 22.8 Å². The summed E-state index contributed by atoms with van der Waals surface area (Å²) in [4.78, 5) is 11.6. The predicted octanol–water partition coefficient (Wildman–Crippen LogP) is 3.85. The van der Waals surface area contributed by atoms with Gasteiger partial charge in [0, 0.05) is 28.8 Å². The minimum Gasteiger partial charge on any atom is -0.478 e. The molecule has 3 N–H and O–H groups in total. The molecule has 1 aliphatic carbocycles. The largest absolute Gasteiger partial charge is 0.478 e. The van der Waals surface area contributed by atoms with E-state index < -0.39 is 5.97 Å². The van der Waals surface area contributed by atoms with Crippen molar-refractivity contribution < 1.29 is 9.90 Å². The lowest BCUT2D eigenvalue weighted by Crippen LogP contribution is -2.12. The molecule has 1 aliphatic rings. The van der Waals surface area contributed by atoms with Gasteiger partial charge >= 0.3 is 5.97 Å². The lowest BCUT2D eigenvalue weighted by atomic mass is 9.95. The molecule has 4 rings (SSSR count). The van der Waals surface area contributed by atoms with Gasteiger partial charge in [-0.05, 0) is 61.1 Å². The van der Waals surface area contributed by atoms with Crippen LogP contribution < -0.4 is 5.73 Å². The third-order valence-corrected chi connectivity index (χ3v) is 4.97. The molecule has 0 unspecified atom stereocenters. The molecule has 0 spiro atoms. The summed E-state index contributed by atoms with van der Waals surface area (Å²) in [6, 6.07) is 13.5. The molecule has 1 aromatic heterocycles. The number of fused-ring (bicyclic) bond motifs is 3. The Morgan fingerprint density at radius 2 is 1.92 bits per heavy atom. The van der Waals surface area contributed by atoms with Gasteiger partial charge in [0.2, 0.25) is 0 Å². The highest BCUT2D eigenvalue weighted by atomic mass is 16.4. The van der Waals surface area contributed by atoms with Crippen LogP contribution in [0.3, 0.4) is 0 Å². The molecule has 0 amide bonds. The number of carboxylic acid groups (broad SMARTS) is 1. The zero-order valence-corrected chi connectivity index (χ0v) is 13.5. The van der Waals surface area contributed by atoms with Crippen LogP contribution in [0.15, 0.2) is 42.5 Å². The molecule has 0 atom stereocenters. The van der Waals surface area contributed by atoms with E-state index in [-0.39, 0.29) is 0 Å². The van der Waals surface area contributed by atoms with Gasteiger partial charge in [-0.3, -0.25) is 0 Å². The summed E-state index contributed by atoms with van der Waals surface area (Å²) in [6.07, 6.45) is 4.56. The van der Waals surface area contributed by atoms with Crippen molar-refractivity contribution in [3.8, 4) is 0 Å². The Morgan fingerprint density at radius 3 is 2.75 bits per heavy atom. The molecule has 0 aliphatic heterocycles. The van der Waals surface area contributed by atoms with E-state index in [0.29, 0.717) is 17.8 Å². The number of anilines is 1. The molecule has 1 heterocycles. The van der Waals surface area contributed by atoms with Gasteiger partial charge in [0.1, 0.15) is 0 Å². The molecule has 2 aromatic carbocycles. The average molecular weight is 320 g/mol. The summed E-state index contributed by atoms with van der Waals surface area (Å²) in [5.74, 6) is -0.907. The standard InChI is InChI=1S/C20H20N2O2/c21-14-9-10-15(20(23)24)13(11-14)12-22-18-7-3-1-5-16(18)17-6-2-4-8-19(17)22/h1,3,5,7,9-11H,2,4,6,8,12,21H2,(H,23,24). The van der Waals surface area contributed by atoms with E-state index in [1.54, 1.807) is 18.2 Å². The Bertz CT molecular complexity index is 940. The highest BCUT2D eigenvalue weighted by molar-refractivity contribution is 5.90. The minimum absolute atomic E-state index is 0.326. The van der Waals surface area contributed by atoms with Gasteiger partial charge in [0.15, 0.2) is 0 Å². The lowest BCUT2D eigenvalue weighted by Gasteiger charge is -2.17. The van der Waals surface area contributed by atoms with Gasteiger partial charge in [0.25, 0.3) is 0 Å². The molecule has 4 nitrogen and oxygen atoms in total. The number of hydrogen-bond acceptors (Lipinski definition) is 2. The van der Waals surface area contributed by atoms with Crippen LogP contribution in [-0.4, -0.2) is 15.6 Å². The van der Waals surface area contributed by atoms with E-state index in [1.807, 2.05) is 6.07 Å². The zero-order chi connectivity index (χ0) is 16.7. The Balaban J connectivity index is 1.90. The highest BCUT2D eigenvalue weighted by Crippen LogP contribution is 2.33. The van der Waals surface area contributed by atoms with Crippen molar-refractivity contribution >= 4 is 22.6 Å². The first kappa shape index (κ1) is 14.8. The molecule has 0 bridgehead atoms. The third kappa shape index (κ3) is 2.35. The minimum atomic E-state index is -0.907. The highest BCUT2D eigenvalue weighted by Gasteiger charge is 2.21. The molecule has 24 heavy (non-hydrogen) atoms. The van der Waals surface area contributed by atoms with Crippen LogP contribution >= 0.6 is 0 Å². The van der Waals surface area contributed by atoms with Crippen LogP contribution in [0.25, 0.3) is 10.9 Å². The normalized spacial score (nSPS) is 13.8. The maximum Gasteiger partial charge on any atom is 0.336 e. The van der Waals surface area contributed by atoms with Crippen LogP contribution in [-0.2, 0) is 19.4 Å². The first-order valence-electron chi connectivity index (χ1n) is 8.36. The van der Waals surface area contributed by atoms with E-state index in [4.69, 9.17) is 5.73 Å². The lowest BCUT2D eigenvalue weighted by molar-refractivity contribution is 0.0695. The molecular formula is C20H20N2O2. The first-order valence-corrected chi connectivity index (χ1v) is 8.36. The van der Waals surface area contributed by atoms with Gasteiger partial charge in [-0.2, -0.15) is 0 Å². The van der Waals surface area contributed by atoms with E-state index in [1.165, 1.54) is 35.0 Å². The molecular weight excluding hydrogens is 300 g/mol. The summed E-state index contributed by atoms with van der Waals surface area (Å²) >= 11 is 0. The van der Waals surface area contributed by atoms with Crippen molar-refractivity contribution in [2.24, 2.45) is 0 Å². The van der Waals surface area contributed by atoms with Crippen LogP contribution in [0, 0.1) is 0 Å². The predicted molar refractivity (Wildman–Crippen MR) is 95.5 cm³/mol. The molecule has 3 aromatic rings. The number of carboxylic acids is 1. The van der Waals surface area contributed by atoms with Crippen molar-refractivity contribution in [2.45, 2.75) is 32.2 Å². The molecule has 0 radical (unpaired) electrons. The van der Waals surface area contributed by atoms with Crippen molar-refractivity contribution in [3.63, 3.8) is 0 Å². The number of nitrogens with zero attached hydrogens (tertiary/aromatic N) is 1. The van der Waals surface area contributed by atoms with Crippen LogP contribution in [0.4, 0.5) is 5.69 Å². The van der Waals surface area contributed by atoms with E-state index in [9.17, 15) is 9.90 Å². The third-order valence-electron chi connectivity index (χ3n) is 4.97. The number of carbonyl (C=O) groups is 1. The van der Waals surface area contributed by atoms with Crippen molar-refractivity contribution in [3.05, 3.63) is 64.8 Å². The van der Waals surface area contributed by atoms with Gasteiger partial charge in [-0.1, -0.05) is 18.2 Å². The summed E-state index contributed by atoms with van der Waals surface area (Å²) in [5.41, 5.74) is 11.5. The number of rotatable bonds is 3. The molecule has 122 valence electrons. The first-order chi connectivity index (χ1) is 11.6. The summed E-state index contributed by atoms with van der Waals surface area (Å²) in [5, 5.41) is 10.8.